The molecule has 2 atom stereocenters. The van der Waals surface area contributed by atoms with Crippen LogP contribution in [0.3, 0.4) is 0 Å². The van der Waals surface area contributed by atoms with Crippen LogP contribution in [-0.4, -0.2) is 30.0 Å². The van der Waals surface area contributed by atoms with Gasteiger partial charge in [-0.1, -0.05) is 20.8 Å². The second-order valence-electron chi connectivity index (χ2n) is 4.11. The maximum atomic E-state index is 10.8. The summed E-state index contributed by atoms with van der Waals surface area (Å²) in [4.78, 5) is 10.8. The molecular formula is C8H15NO3. The van der Waals surface area contributed by atoms with Gasteiger partial charge in [0.25, 0.3) is 0 Å². The summed E-state index contributed by atoms with van der Waals surface area (Å²) in [5.41, 5.74) is -0.0838. The number of ether oxygens (including phenoxy) is 1. The molecule has 0 aromatic carbocycles. The van der Waals surface area contributed by atoms with E-state index in [2.05, 4.69) is 5.32 Å². The molecule has 12 heavy (non-hydrogen) atoms. The van der Waals surface area contributed by atoms with Crippen LogP contribution >= 0.6 is 0 Å². The Labute approximate surface area is 71.9 Å². The van der Waals surface area contributed by atoms with E-state index >= 15 is 0 Å². The van der Waals surface area contributed by atoms with Crippen LogP contribution in [0.1, 0.15) is 20.8 Å². The average molecular weight is 173 g/mol. The molecule has 1 aliphatic heterocycles. The molecular weight excluding hydrogens is 158 g/mol. The van der Waals surface area contributed by atoms with E-state index in [-0.39, 0.29) is 18.1 Å². The molecule has 0 aromatic heterocycles. The number of nitrogens with one attached hydrogen (secondary N) is 1. The number of carbonyl (C=O) groups excluding carboxylic acids is 1. The smallest absolute Gasteiger partial charge is 0.407 e. The zero-order valence-electron chi connectivity index (χ0n) is 7.63. The molecule has 4 heteroatoms. The zero-order valence-corrected chi connectivity index (χ0v) is 7.63. The third-order valence-electron chi connectivity index (χ3n) is 2.02. The van der Waals surface area contributed by atoms with Gasteiger partial charge in [-0.05, 0) is 5.41 Å². The molecule has 0 radical (unpaired) electrons. The molecule has 1 amide bonds. The molecule has 0 spiro atoms. The van der Waals surface area contributed by atoms with Gasteiger partial charge in [0.05, 0.1) is 12.6 Å². The molecule has 1 heterocycles. The van der Waals surface area contributed by atoms with E-state index in [4.69, 9.17) is 9.84 Å². The van der Waals surface area contributed by atoms with E-state index in [1.54, 1.807) is 0 Å². The number of cyclic esters (lactones) is 1. The van der Waals surface area contributed by atoms with Gasteiger partial charge < -0.3 is 15.2 Å². The fourth-order valence-corrected chi connectivity index (χ4v) is 1.38. The SMILES string of the molecule is CC(C)(C)C1NC(=O)OC1CO. The Bertz CT molecular complexity index is 185. The van der Waals surface area contributed by atoms with Gasteiger partial charge in [0.2, 0.25) is 0 Å². The second kappa shape index (κ2) is 2.94. The molecule has 1 aliphatic rings. The van der Waals surface area contributed by atoms with Crippen LogP contribution in [0.5, 0.6) is 0 Å². The van der Waals surface area contributed by atoms with Crippen LogP contribution in [0.4, 0.5) is 4.79 Å². The minimum absolute atomic E-state index is 0.0838. The summed E-state index contributed by atoms with van der Waals surface area (Å²) in [5, 5.41) is 11.6. The van der Waals surface area contributed by atoms with Crippen molar-refractivity contribution in [2.24, 2.45) is 5.41 Å². The summed E-state index contributed by atoms with van der Waals surface area (Å²) in [6, 6.07) is -0.102. The summed E-state index contributed by atoms with van der Waals surface area (Å²) in [7, 11) is 0. The van der Waals surface area contributed by atoms with E-state index in [1.165, 1.54) is 0 Å². The fourth-order valence-electron chi connectivity index (χ4n) is 1.38. The predicted octanol–water partition coefficient (Wildman–Crippen LogP) is 0.502. The molecule has 0 bridgehead atoms. The van der Waals surface area contributed by atoms with Crippen molar-refractivity contribution < 1.29 is 14.6 Å². The highest BCUT2D eigenvalue weighted by Crippen LogP contribution is 2.26. The molecule has 1 rings (SSSR count). The van der Waals surface area contributed by atoms with Gasteiger partial charge in [-0.25, -0.2) is 4.79 Å². The molecule has 2 N–H and O–H groups in total. The largest absolute Gasteiger partial charge is 0.442 e. The number of aliphatic hydroxyl groups excluding tert-OH is 1. The van der Waals surface area contributed by atoms with Gasteiger partial charge in [0.1, 0.15) is 6.10 Å². The number of aliphatic hydroxyl groups is 1. The third kappa shape index (κ3) is 1.69. The topological polar surface area (TPSA) is 58.6 Å². The quantitative estimate of drug-likeness (QED) is 0.607. The lowest BCUT2D eigenvalue weighted by molar-refractivity contribution is 0.0620. The van der Waals surface area contributed by atoms with Crippen LogP contribution in [0, 0.1) is 5.41 Å². The maximum absolute atomic E-state index is 10.8. The highest BCUT2D eigenvalue weighted by atomic mass is 16.6. The van der Waals surface area contributed by atoms with Crippen LogP contribution in [0.25, 0.3) is 0 Å². The Balaban J connectivity index is 2.70. The molecule has 0 saturated carbocycles. The highest BCUT2D eigenvalue weighted by molar-refractivity contribution is 5.70. The molecule has 2 unspecified atom stereocenters. The van der Waals surface area contributed by atoms with E-state index in [0.29, 0.717) is 0 Å². The normalized spacial score (nSPS) is 29.8. The Morgan fingerprint density at radius 2 is 2.17 bits per heavy atom. The third-order valence-corrected chi connectivity index (χ3v) is 2.02. The molecule has 0 aromatic rings. The number of hydrogen-bond acceptors (Lipinski definition) is 3. The van der Waals surface area contributed by atoms with Gasteiger partial charge in [-0.3, -0.25) is 0 Å². The van der Waals surface area contributed by atoms with Crippen molar-refractivity contribution in [2.75, 3.05) is 6.61 Å². The van der Waals surface area contributed by atoms with Gasteiger partial charge in [-0.2, -0.15) is 0 Å². The highest BCUT2D eigenvalue weighted by Gasteiger charge is 2.40. The average Bonchev–Trinajstić information content (AvgIpc) is 2.29. The van der Waals surface area contributed by atoms with Gasteiger partial charge in [0, 0.05) is 0 Å². The minimum atomic E-state index is -0.436. The van der Waals surface area contributed by atoms with E-state index < -0.39 is 12.2 Å². The van der Waals surface area contributed by atoms with Gasteiger partial charge in [0.15, 0.2) is 0 Å². The second-order valence-corrected chi connectivity index (χ2v) is 4.11. The lowest BCUT2D eigenvalue weighted by Gasteiger charge is -2.28. The van der Waals surface area contributed by atoms with E-state index in [1.807, 2.05) is 20.8 Å². The van der Waals surface area contributed by atoms with Crippen LogP contribution in [0.15, 0.2) is 0 Å². The summed E-state index contributed by atoms with van der Waals surface area (Å²) in [6.45, 7) is 5.86. The van der Waals surface area contributed by atoms with Crippen molar-refractivity contribution in [1.29, 1.82) is 0 Å². The zero-order chi connectivity index (χ0) is 9.35. The number of hydrogen-bond donors (Lipinski definition) is 2. The fraction of sp³-hybridized carbons (Fsp3) is 0.875. The summed E-state index contributed by atoms with van der Waals surface area (Å²) in [6.07, 6.45) is -0.841. The van der Waals surface area contributed by atoms with Gasteiger partial charge in [-0.15, -0.1) is 0 Å². The first kappa shape index (κ1) is 9.32. The van der Waals surface area contributed by atoms with Gasteiger partial charge >= 0.3 is 6.09 Å². The lowest BCUT2D eigenvalue weighted by atomic mass is 9.84. The summed E-state index contributed by atoms with van der Waals surface area (Å²) in [5.74, 6) is 0. The monoisotopic (exact) mass is 173 g/mol. The molecule has 0 aliphatic carbocycles. The van der Waals surface area contributed by atoms with Crippen LogP contribution in [-0.2, 0) is 4.74 Å². The molecule has 1 fully saturated rings. The molecule has 1 saturated heterocycles. The number of amides is 1. The number of rotatable bonds is 1. The van der Waals surface area contributed by atoms with Crippen molar-refractivity contribution in [3.63, 3.8) is 0 Å². The van der Waals surface area contributed by atoms with Crippen LogP contribution in [0.2, 0.25) is 0 Å². The molecule has 4 nitrogen and oxygen atoms in total. The molecule has 70 valence electrons. The van der Waals surface area contributed by atoms with Crippen molar-refractivity contribution >= 4 is 6.09 Å². The first-order valence-electron chi connectivity index (χ1n) is 4.03. The van der Waals surface area contributed by atoms with Crippen LogP contribution < -0.4 is 5.32 Å². The summed E-state index contributed by atoms with van der Waals surface area (Å²) >= 11 is 0. The minimum Gasteiger partial charge on any atom is -0.442 e. The maximum Gasteiger partial charge on any atom is 0.407 e. The van der Waals surface area contributed by atoms with E-state index in [9.17, 15) is 4.79 Å². The predicted molar refractivity (Wildman–Crippen MR) is 43.7 cm³/mol. The van der Waals surface area contributed by atoms with Crippen molar-refractivity contribution in [1.82, 2.24) is 5.32 Å². The Kier molecular flexibility index (Phi) is 2.28. The van der Waals surface area contributed by atoms with Crippen molar-refractivity contribution in [2.45, 2.75) is 32.9 Å². The summed E-state index contributed by atoms with van der Waals surface area (Å²) < 4.78 is 4.85. The Morgan fingerprint density at radius 1 is 1.58 bits per heavy atom. The number of carbonyl (C=O) groups is 1. The standard InChI is InChI=1S/C8H15NO3/c1-8(2,3)6-5(4-10)12-7(11)9-6/h5-6,10H,4H2,1-3H3,(H,9,11). The van der Waals surface area contributed by atoms with Crippen molar-refractivity contribution in [3.8, 4) is 0 Å². The first-order chi connectivity index (χ1) is 5.45. The number of alkyl carbamates (subject to hydrolysis) is 1. The first-order valence-corrected chi connectivity index (χ1v) is 4.03. The van der Waals surface area contributed by atoms with E-state index in [0.717, 1.165) is 0 Å². The Hall–Kier alpha value is -0.770. The lowest BCUT2D eigenvalue weighted by Crippen LogP contribution is -2.44. The van der Waals surface area contributed by atoms with Crippen molar-refractivity contribution in [3.05, 3.63) is 0 Å². The Morgan fingerprint density at radius 3 is 2.50 bits per heavy atom.